The number of allylic oxidation sites excluding steroid dienone is 1. The van der Waals surface area contributed by atoms with E-state index in [9.17, 15) is 36.9 Å². The Bertz CT molecular complexity index is 1150. The van der Waals surface area contributed by atoms with Crippen molar-refractivity contribution in [3.63, 3.8) is 0 Å². The van der Waals surface area contributed by atoms with Crippen molar-refractivity contribution in [2.75, 3.05) is 0 Å². The number of aromatic nitrogens is 3. The molecule has 0 fully saturated rings. The van der Waals surface area contributed by atoms with Gasteiger partial charge in [-0.25, -0.2) is 26.6 Å². The van der Waals surface area contributed by atoms with Gasteiger partial charge in [0.15, 0.2) is 29.0 Å². The quantitative estimate of drug-likeness (QED) is 0.114. The highest BCUT2D eigenvalue weighted by atomic mass is 19.2. The molecule has 0 radical (unpaired) electrons. The molecule has 0 unspecified atom stereocenters. The van der Waals surface area contributed by atoms with Crippen LogP contribution in [0.25, 0.3) is 6.08 Å². The molecule has 154 valence electrons. The van der Waals surface area contributed by atoms with Crippen molar-refractivity contribution >= 4 is 17.5 Å². The number of nitrogens with zero attached hydrogens (tertiary/aromatic N) is 4. The fourth-order valence-electron chi connectivity index (χ4n) is 2.40. The Morgan fingerprint density at radius 3 is 2.13 bits per heavy atom. The molecule has 0 amide bonds. The molecule has 12 heteroatoms. The van der Waals surface area contributed by atoms with Gasteiger partial charge in [-0.2, -0.15) is 0 Å². The van der Waals surface area contributed by atoms with E-state index >= 15 is 0 Å². The molecule has 0 aliphatic rings. The normalized spacial score (nSPS) is 11.2. The van der Waals surface area contributed by atoms with E-state index in [4.69, 9.17) is 0 Å². The molecule has 1 heterocycles. The molecule has 0 aliphatic carbocycles. The van der Waals surface area contributed by atoms with Crippen molar-refractivity contribution in [2.24, 2.45) is 0 Å². The number of hydrogen-bond acceptors (Lipinski definition) is 5. The predicted octanol–water partition coefficient (Wildman–Crippen LogP) is 3.83. The summed E-state index contributed by atoms with van der Waals surface area (Å²) in [5.41, 5.74) is -1.04. The van der Waals surface area contributed by atoms with Gasteiger partial charge in [-0.15, -0.1) is 5.10 Å². The number of carbonyl (C=O) groups excluding carboxylic acids is 1. The van der Waals surface area contributed by atoms with Crippen LogP contribution in [0.1, 0.15) is 21.6 Å². The van der Waals surface area contributed by atoms with Crippen LogP contribution in [0, 0.1) is 39.2 Å². The van der Waals surface area contributed by atoms with Crippen molar-refractivity contribution in [3.05, 3.63) is 92.6 Å². The lowest BCUT2D eigenvalue weighted by Gasteiger charge is -2.07. The second-order valence-corrected chi connectivity index (χ2v) is 5.90. The molecule has 0 saturated carbocycles. The highest BCUT2D eigenvalue weighted by molar-refractivity contribution is 6.05. The summed E-state index contributed by atoms with van der Waals surface area (Å²) < 4.78 is 67.8. The van der Waals surface area contributed by atoms with E-state index in [2.05, 4.69) is 10.3 Å². The van der Waals surface area contributed by atoms with Crippen LogP contribution in [0.4, 0.5) is 27.6 Å². The molecule has 0 spiro atoms. The van der Waals surface area contributed by atoms with Crippen LogP contribution in [-0.4, -0.2) is 25.7 Å². The number of nitro groups is 1. The molecule has 3 rings (SSSR count). The summed E-state index contributed by atoms with van der Waals surface area (Å²) in [5, 5.41) is 17.5. The van der Waals surface area contributed by atoms with E-state index in [1.54, 1.807) is 0 Å². The fraction of sp³-hybridized carbons (Fsp3) is 0.0556. The first kappa shape index (κ1) is 20.8. The lowest BCUT2D eigenvalue weighted by Crippen LogP contribution is -2.11. The average molecular weight is 424 g/mol. The van der Waals surface area contributed by atoms with Crippen molar-refractivity contribution in [1.29, 1.82) is 0 Å². The summed E-state index contributed by atoms with van der Waals surface area (Å²) in [4.78, 5) is 22.1. The third-order valence-electron chi connectivity index (χ3n) is 3.94. The SMILES string of the molecule is O=C(/C=C/c1ccc([N+](=O)[O-])cc1)c1cn(Cc2c(F)c(F)c(F)c(F)c2F)nn1. The molecular weight excluding hydrogens is 415 g/mol. The highest BCUT2D eigenvalue weighted by Crippen LogP contribution is 2.23. The van der Waals surface area contributed by atoms with E-state index in [1.807, 2.05) is 0 Å². The minimum atomic E-state index is -2.28. The van der Waals surface area contributed by atoms with Crippen molar-refractivity contribution in [3.8, 4) is 0 Å². The monoisotopic (exact) mass is 424 g/mol. The third-order valence-corrected chi connectivity index (χ3v) is 3.94. The Morgan fingerprint density at radius 1 is 1.00 bits per heavy atom. The van der Waals surface area contributed by atoms with Gasteiger partial charge in [0.05, 0.1) is 23.2 Å². The van der Waals surface area contributed by atoms with Crippen LogP contribution >= 0.6 is 0 Å². The van der Waals surface area contributed by atoms with Gasteiger partial charge in [-0.1, -0.05) is 11.3 Å². The molecular formula is C18H9F5N4O3. The van der Waals surface area contributed by atoms with E-state index < -0.39 is 51.9 Å². The van der Waals surface area contributed by atoms with Crippen LogP contribution in [0.3, 0.4) is 0 Å². The Morgan fingerprint density at radius 2 is 1.57 bits per heavy atom. The minimum Gasteiger partial charge on any atom is -0.287 e. The van der Waals surface area contributed by atoms with Crippen LogP contribution in [0.5, 0.6) is 0 Å². The minimum absolute atomic E-state index is 0.130. The molecule has 1 aromatic heterocycles. The van der Waals surface area contributed by atoms with Gasteiger partial charge in [-0.3, -0.25) is 14.9 Å². The molecule has 2 aromatic carbocycles. The smallest absolute Gasteiger partial charge is 0.269 e. The van der Waals surface area contributed by atoms with Gasteiger partial charge in [0, 0.05) is 12.1 Å². The van der Waals surface area contributed by atoms with E-state index in [0.717, 1.165) is 17.0 Å². The molecule has 0 saturated heterocycles. The van der Waals surface area contributed by atoms with Gasteiger partial charge in [-0.05, 0) is 23.8 Å². The van der Waals surface area contributed by atoms with Crippen LogP contribution in [0.15, 0.2) is 36.5 Å². The summed E-state index contributed by atoms with van der Waals surface area (Å²) in [7, 11) is 0. The molecule has 3 aromatic rings. The van der Waals surface area contributed by atoms with Gasteiger partial charge in [0.1, 0.15) is 0 Å². The predicted molar refractivity (Wildman–Crippen MR) is 91.8 cm³/mol. The van der Waals surface area contributed by atoms with Crippen LogP contribution in [0.2, 0.25) is 0 Å². The number of nitro benzene ring substituents is 1. The molecule has 0 aliphatic heterocycles. The third kappa shape index (κ3) is 4.06. The Labute approximate surface area is 164 Å². The number of halogens is 5. The zero-order valence-corrected chi connectivity index (χ0v) is 14.7. The maximum absolute atomic E-state index is 13.7. The number of ketones is 1. The summed E-state index contributed by atoms with van der Waals surface area (Å²) >= 11 is 0. The first-order valence-electron chi connectivity index (χ1n) is 8.06. The average Bonchev–Trinajstić information content (AvgIpc) is 3.21. The second kappa shape index (κ2) is 8.19. The van der Waals surface area contributed by atoms with Gasteiger partial charge < -0.3 is 0 Å². The summed E-state index contributed by atoms with van der Waals surface area (Å²) in [6.45, 7) is -0.849. The van der Waals surface area contributed by atoms with E-state index in [-0.39, 0.29) is 11.4 Å². The maximum Gasteiger partial charge on any atom is 0.269 e. The first-order valence-corrected chi connectivity index (χ1v) is 8.06. The Hall–Kier alpha value is -3.96. The first-order chi connectivity index (χ1) is 14.2. The number of carbonyl (C=O) groups is 1. The fourth-order valence-corrected chi connectivity index (χ4v) is 2.40. The Balaban J connectivity index is 1.77. The number of benzene rings is 2. The van der Waals surface area contributed by atoms with Crippen molar-refractivity contribution in [2.45, 2.75) is 6.54 Å². The van der Waals surface area contributed by atoms with Crippen molar-refractivity contribution < 1.29 is 31.7 Å². The number of hydrogen-bond donors (Lipinski definition) is 0. The number of non-ortho nitro benzene ring substituents is 1. The standard InChI is InChI=1S/C18H9F5N4O3/c19-14-11(15(20)17(22)18(23)16(14)21)7-26-8-12(24-25-26)13(28)6-3-9-1-4-10(5-2-9)27(29)30/h1-6,8H,7H2/b6-3+. The zero-order valence-electron chi connectivity index (χ0n) is 14.7. The van der Waals surface area contributed by atoms with Crippen LogP contribution in [-0.2, 0) is 6.54 Å². The van der Waals surface area contributed by atoms with Crippen LogP contribution < -0.4 is 0 Å². The zero-order chi connectivity index (χ0) is 22.0. The van der Waals surface area contributed by atoms with Gasteiger partial charge in [0.25, 0.3) is 5.69 Å². The van der Waals surface area contributed by atoms with Crippen molar-refractivity contribution in [1.82, 2.24) is 15.0 Å². The lowest BCUT2D eigenvalue weighted by molar-refractivity contribution is -0.384. The summed E-state index contributed by atoms with van der Waals surface area (Å²) in [6.07, 6.45) is 3.39. The lowest BCUT2D eigenvalue weighted by atomic mass is 10.1. The molecule has 0 N–H and O–H groups in total. The summed E-state index contributed by atoms with van der Waals surface area (Å²) in [6, 6.07) is 5.29. The molecule has 0 atom stereocenters. The highest BCUT2D eigenvalue weighted by Gasteiger charge is 2.26. The second-order valence-electron chi connectivity index (χ2n) is 5.90. The topological polar surface area (TPSA) is 90.9 Å². The largest absolute Gasteiger partial charge is 0.287 e. The number of rotatable bonds is 6. The Kier molecular flexibility index (Phi) is 5.67. The van der Waals surface area contributed by atoms with Gasteiger partial charge >= 0.3 is 0 Å². The van der Waals surface area contributed by atoms with E-state index in [1.165, 1.54) is 30.3 Å². The molecule has 7 nitrogen and oxygen atoms in total. The van der Waals surface area contributed by atoms with Gasteiger partial charge in [0.2, 0.25) is 11.6 Å². The maximum atomic E-state index is 13.7. The molecule has 30 heavy (non-hydrogen) atoms. The summed E-state index contributed by atoms with van der Waals surface area (Å²) in [5.74, 6) is -11.1. The molecule has 0 bridgehead atoms. The van der Waals surface area contributed by atoms with E-state index in [0.29, 0.717) is 5.56 Å².